The van der Waals surface area contributed by atoms with E-state index in [9.17, 15) is 14.4 Å². The lowest BCUT2D eigenvalue weighted by atomic mass is 10.1. The molecule has 1 atom stereocenters. The Labute approximate surface area is 101 Å². The van der Waals surface area contributed by atoms with Crippen molar-refractivity contribution in [3.8, 4) is 0 Å². The van der Waals surface area contributed by atoms with Crippen LogP contribution < -0.4 is 0 Å². The number of Topliss-reactive ketones (excluding diaryl/α,β-unsaturated/α-hetero) is 1. The molecule has 0 aliphatic carbocycles. The van der Waals surface area contributed by atoms with Gasteiger partial charge in [0.1, 0.15) is 6.42 Å². The SMILES string of the molecule is CCOC(=O)CC(=O)C(C)N1CCN(C)C1=O. The van der Waals surface area contributed by atoms with Gasteiger partial charge in [0.25, 0.3) is 0 Å². The van der Waals surface area contributed by atoms with Crippen LogP contribution in [0.5, 0.6) is 0 Å². The van der Waals surface area contributed by atoms with E-state index >= 15 is 0 Å². The lowest BCUT2D eigenvalue weighted by molar-refractivity contribution is -0.146. The van der Waals surface area contributed by atoms with Crippen LogP contribution in [0.4, 0.5) is 4.79 Å². The van der Waals surface area contributed by atoms with Gasteiger partial charge in [-0.2, -0.15) is 0 Å². The summed E-state index contributed by atoms with van der Waals surface area (Å²) >= 11 is 0. The minimum atomic E-state index is -0.572. The van der Waals surface area contributed by atoms with Crippen molar-refractivity contribution >= 4 is 17.8 Å². The van der Waals surface area contributed by atoms with Crippen LogP contribution in [0.25, 0.3) is 0 Å². The molecule has 2 amide bonds. The van der Waals surface area contributed by atoms with Gasteiger partial charge in [-0.1, -0.05) is 0 Å². The Morgan fingerprint density at radius 2 is 2.06 bits per heavy atom. The smallest absolute Gasteiger partial charge is 0.320 e. The number of carbonyl (C=O) groups excluding carboxylic acids is 3. The number of amides is 2. The van der Waals surface area contributed by atoms with Crippen LogP contribution in [-0.4, -0.2) is 60.4 Å². The van der Waals surface area contributed by atoms with Gasteiger partial charge in [0.2, 0.25) is 0 Å². The molecule has 1 saturated heterocycles. The molecule has 0 bridgehead atoms. The van der Waals surface area contributed by atoms with Crippen LogP contribution in [0.15, 0.2) is 0 Å². The fourth-order valence-electron chi connectivity index (χ4n) is 1.70. The van der Waals surface area contributed by atoms with Crippen LogP contribution in [0.3, 0.4) is 0 Å². The zero-order chi connectivity index (χ0) is 13.0. The molecule has 0 saturated carbocycles. The molecule has 6 nitrogen and oxygen atoms in total. The second-order valence-corrected chi connectivity index (χ2v) is 4.02. The van der Waals surface area contributed by atoms with Crippen molar-refractivity contribution < 1.29 is 19.1 Å². The minimum Gasteiger partial charge on any atom is -0.466 e. The minimum absolute atomic E-state index is 0.172. The van der Waals surface area contributed by atoms with Gasteiger partial charge in [0, 0.05) is 20.1 Å². The van der Waals surface area contributed by atoms with Gasteiger partial charge in [-0.05, 0) is 13.8 Å². The number of carbonyl (C=O) groups is 3. The second kappa shape index (κ2) is 5.65. The highest BCUT2D eigenvalue weighted by Gasteiger charge is 2.33. The molecule has 0 spiro atoms. The molecule has 1 aliphatic heterocycles. The molecule has 0 N–H and O–H groups in total. The number of nitrogens with zero attached hydrogens (tertiary/aromatic N) is 2. The molecule has 0 aromatic carbocycles. The number of urea groups is 1. The summed E-state index contributed by atoms with van der Waals surface area (Å²) < 4.78 is 4.70. The number of ether oxygens (including phenoxy) is 1. The summed E-state index contributed by atoms with van der Waals surface area (Å²) in [5.41, 5.74) is 0. The van der Waals surface area contributed by atoms with Crippen molar-refractivity contribution in [2.75, 3.05) is 26.7 Å². The quantitative estimate of drug-likeness (QED) is 0.512. The monoisotopic (exact) mass is 242 g/mol. The van der Waals surface area contributed by atoms with Crippen LogP contribution in [-0.2, 0) is 14.3 Å². The van der Waals surface area contributed by atoms with Crippen molar-refractivity contribution in [2.24, 2.45) is 0 Å². The molecule has 1 unspecified atom stereocenters. The fourth-order valence-corrected chi connectivity index (χ4v) is 1.70. The zero-order valence-corrected chi connectivity index (χ0v) is 10.4. The van der Waals surface area contributed by atoms with Gasteiger partial charge in [-0.3, -0.25) is 9.59 Å². The highest BCUT2D eigenvalue weighted by Crippen LogP contribution is 2.12. The standard InChI is InChI=1S/C11H18N2O4/c1-4-17-10(15)7-9(14)8(2)13-6-5-12(3)11(13)16/h8H,4-7H2,1-3H3. The predicted octanol–water partition coefficient (Wildman–Crippen LogP) is 0.265. The van der Waals surface area contributed by atoms with E-state index < -0.39 is 12.0 Å². The van der Waals surface area contributed by atoms with Crippen LogP contribution in [0.1, 0.15) is 20.3 Å². The number of likely N-dealkylation sites (N-methyl/N-ethyl adjacent to an activating group) is 1. The first-order chi connectivity index (χ1) is 7.97. The van der Waals surface area contributed by atoms with E-state index in [-0.39, 0.29) is 24.8 Å². The summed E-state index contributed by atoms with van der Waals surface area (Å²) in [6, 6.07) is -0.744. The van der Waals surface area contributed by atoms with E-state index in [1.807, 2.05) is 0 Å². The molecular weight excluding hydrogens is 224 g/mol. The van der Waals surface area contributed by atoms with Gasteiger partial charge in [-0.15, -0.1) is 0 Å². The van der Waals surface area contributed by atoms with Gasteiger partial charge in [0.05, 0.1) is 12.6 Å². The largest absolute Gasteiger partial charge is 0.466 e. The first-order valence-electron chi connectivity index (χ1n) is 5.67. The maximum absolute atomic E-state index is 11.8. The zero-order valence-electron chi connectivity index (χ0n) is 10.4. The molecule has 0 aromatic heterocycles. The Kier molecular flexibility index (Phi) is 4.48. The van der Waals surface area contributed by atoms with Crippen molar-refractivity contribution in [2.45, 2.75) is 26.3 Å². The Morgan fingerprint density at radius 1 is 1.41 bits per heavy atom. The number of hydrogen-bond acceptors (Lipinski definition) is 4. The summed E-state index contributed by atoms with van der Waals surface area (Å²) in [4.78, 5) is 37.6. The van der Waals surface area contributed by atoms with Crippen molar-refractivity contribution in [3.05, 3.63) is 0 Å². The van der Waals surface area contributed by atoms with Gasteiger partial charge in [-0.25, -0.2) is 4.79 Å². The summed E-state index contributed by atoms with van der Waals surface area (Å²) in [5, 5.41) is 0. The third kappa shape index (κ3) is 3.18. The van der Waals surface area contributed by atoms with Crippen LogP contribution in [0.2, 0.25) is 0 Å². The topological polar surface area (TPSA) is 66.9 Å². The van der Waals surface area contributed by atoms with E-state index in [0.29, 0.717) is 13.1 Å². The van der Waals surface area contributed by atoms with E-state index in [0.717, 1.165) is 0 Å². The van der Waals surface area contributed by atoms with Gasteiger partial charge < -0.3 is 14.5 Å². The normalized spacial score (nSPS) is 17.2. The summed E-state index contributed by atoms with van der Waals surface area (Å²) in [6.07, 6.45) is -0.275. The first-order valence-corrected chi connectivity index (χ1v) is 5.67. The molecule has 0 aromatic rings. The number of esters is 1. The summed E-state index contributed by atoms with van der Waals surface area (Å²) in [6.45, 7) is 4.70. The van der Waals surface area contributed by atoms with E-state index in [1.54, 1.807) is 25.8 Å². The average Bonchev–Trinajstić information content (AvgIpc) is 2.59. The Hall–Kier alpha value is -1.59. The maximum Gasteiger partial charge on any atom is 0.320 e. The predicted molar refractivity (Wildman–Crippen MR) is 60.5 cm³/mol. The third-order valence-electron chi connectivity index (χ3n) is 2.81. The van der Waals surface area contributed by atoms with Crippen LogP contribution >= 0.6 is 0 Å². The molecule has 0 radical (unpaired) electrons. The Bertz CT molecular complexity index is 329. The molecule has 17 heavy (non-hydrogen) atoms. The summed E-state index contributed by atoms with van der Waals surface area (Å²) in [5.74, 6) is -0.823. The highest BCUT2D eigenvalue weighted by molar-refractivity contribution is 5.99. The number of rotatable bonds is 5. The number of hydrogen-bond donors (Lipinski definition) is 0. The van der Waals surface area contributed by atoms with E-state index in [1.165, 1.54) is 4.90 Å². The first kappa shape index (κ1) is 13.5. The molecule has 1 rings (SSSR count). The van der Waals surface area contributed by atoms with E-state index in [4.69, 9.17) is 4.74 Å². The lowest BCUT2D eigenvalue weighted by Crippen LogP contribution is -2.42. The molecule has 1 heterocycles. The lowest BCUT2D eigenvalue weighted by Gasteiger charge is -2.22. The van der Waals surface area contributed by atoms with Crippen molar-refractivity contribution in [1.82, 2.24) is 9.80 Å². The molecular formula is C11H18N2O4. The van der Waals surface area contributed by atoms with Gasteiger partial charge >= 0.3 is 12.0 Å². The highest BCUT2D eigenvalue weighted by atomic mass is 16.5. The van der Waals surface area contributed by atoms with Gasteiger partial charge in [0.15, 0.2) is 5.78 Å². The van der Waals surface area contributed by atoms with Crippen molar-refractivity contribution in [3.63, 3.8) is 0 Å². The molecule has 1 fully saturated rings. The fraction of sp³-hybridized carbons (Fsp3) is 0.727. The maximum atomic E-state index is 11.8. The Morgan fingerprint density at radius 3 is 2.53 bits per heavy atom. The summed E-state index contributed by atoms with van der Waals surface area (Å²) in [7, 11) is 1.69. The molecule has 6 heteroatoms. The van der Waals surface area contributed by atoms with Crippen molar-refractivity contribution in [1.29, 1.82) is 0 Å². The number of ketones is 1. The molecule has 1 aliphatic rings. The van der Waals surface area contributed by atoms with Crippen LogP contribution in [0, 0.1) is 0 Å². The Balaban J connectivity index is 2.52. The second-order valence-electron chi connectivity index (χ2n) is 4.02. The molecule has 96 valence electrons. The third-order valence-corrected chi connectivity index (χ3v) is 2.81. The van der Waals surface area contributed by atoms with E-state index in [2.05, 4.69) is 0 Å². The average molecular weight is 242 g/mol.